The van der Waals surface area contributed by atoms with E-state index in [0.29, 0.717) is 0 Å². The van der Waals surface area contributed by atoms with E-state index >= 15 is 0 Å². The van der Waals surface area contributed by atoms with E-state index < -0.39 is 0 Å². The first-order chi connectivity index (χ1) is 20.5. The molecule has 0 fully saturated rings. The maximum absolute atomic E-state index is 5.08. The second kappa shape index (κ2) is 12.8. The van der Waals surface area contributed by atoms with Crippen molar-refractivity contribution in [3.05, 3.63) is 131 Å². The third kappa shape index (κ3) is 6.01. The van der Waals surface area contributed by atoms with Crippen molar-refractivity contribution in [2.75, 3.05) is 0 Å². The summed E-state index contributed by atoms with van der Waals surface area (Å²) in [6.45, 7) is 4.19. The molecule has 6 heteroatoms. The van der Waals surface area contributed by atoms with Crippen LogP contribution in [0.5, 0.6) is 0 Å². The summed E-state index contributed by atoms with van der Waals surface area (Å²) < 4.78 is 0. The molecule has 0 aliphatic rings. The Morgan fingerprint density at radius 1 is 0.500 bits per heavy atom. The van der Waals surface area contributed by atoms with E-state index in [0.717, 1.165) is 32.6 Å². The summed E-state index contributed by atoms with van der Waals surface area (Å²) in [5.41, 5.74) is 4.02. The van der Waals surface area contributed by atoms with Gasteiger partial charge in [0.25, 0.3) is 0 Å². The molecule has 42 heavy (non-hydrogen) atoms. The number of hydrogen-bond donors (Lipinski definition) is 0. The monoisotopic (exact) mass is 644 g/mol. The molecule has 0 spiro atoms. The topological polar surface area (TPSA) is 24.7 Å². The Morgan fingerprint density at radius 3 is 1.26 bits per heavy atom. The molecule has 0 radical (unpaired) electrons. The number of hydrogen-bond acceptors (Lipinski definition) is 3. The zero-order valence-corrected chi connectivity index (χ0v) is 26.4. The van der Waals surface area contributed by atoms with E-state index in [4.69, 9.17) is 30.2 Å². The van der Waals surface area contributed by atoms with Crippen molar-refractivity contribution >= 4 is 97.4 Å². The molecule has 2 nitrogen and oxygen atoms in total. The molecule has 7 rings (SSSR count). The molecule has 6 aromatic carbocycles. The van der Waals surface area contributed by atoms with Gasteiger partial charge in [-0.25, -0.2) is 0 Å². The number of rotatable bonds is 4. The summed E-state index contributed by atoms with van der Waals surface area (Å²) in [6.07, 6.45) is 0. The van der Waals surface area contributed by atoms with E-state index in [2.05, 4.69) is 135 Å². The molecule has 0 aliphatic heterocycles. The molecular weight excluding hydrogens is 619 g/mol. The SMILES string of the molecule is CC(=Nc1cccc2cc3ccccc3cc12)c1ccc(C(C)=Nc2cccc3cc4ccccc4cc23)s1.[Cl][Fe][Cl]. The zero-order valence-electron chi connectivity index (χ0n) is 23.0. The molecule has 0 aliphatic carbocycles. The Balaban J connectivity index is 0.00000101. The molecule has 1 aromatic heterocycles. The zero-order chi connectivity index (χ0) is 29.1. The van der Waals surface area contributed by atoms with Crippen LogP contribution in [0.15, 0.2) is 131 Å². The Labute approximate surface area is 264 Å². The summed E-state index contributed by atoms with van der Waals surface area (Å²) in [4.78, 5) is 12.5. The van der Waals surface area contributed by atoms with Gasteiger partial charge in [-0.15, -0.1) is 11.3 Å². The van der Waals surface area contributed by atoms with Gasteiger partial charge in [0, 0.05) is 20.5 Å². The molecule has 0 unspecified atom stereocenters. The van der Waals surface area contributed by atoms with Crippen molar-refractivity contribution in [1.29, 1.82) is 0 Å². The first-order valence-electron chi connectivity index (χ1n) is 13.4. The normalized spacial score (nSPS) is 12.3. The van der Waals surface area contributed by atoms with Gasteiger partial charge >= 0.3 is 33.3 Å². The van der Waals surface area contributed by atoms with Crippen molar-refractivity contribution in [1.82, 2.24) is 0 Å². The molecule has 0 amide bonds. The number of aliphatic imine (C=N–C) groups is 2. The van der Waals surface area contributed by atoms with Crippen LogP contribution in [-0.4, -0.2) is 11.4 Å². The van der Waals surface area contributed by atoms with Crippen molar-refractivity contribution in [2.45, 2.75) is 13.8 Å². The molecular formula is C36H26Cl2FeN2S. The minimum atomic E-state index is 0.194. The summed E-state index contributed by atoms with van der Waals surface area (Å²) in [7, 11) is 9.53. The molecule has 0 atom stereocenters. The third-order valence-corrected chi connectivity index (χ3v) is 8.65. The van der Waals surface area contributed by atoms with Crippen molar-refractivity contribution in [3.8, 4) is 0 Å². The summed E-state index contributed by atoms with van der Waals surface area (Å²) >= 11 is 1.94. The first kappa shape index (κ1) is 28.6. The average Bonchev–Trinajstić information content (AvgIpc) is 3.51. The Hall–Kier alpha value is -3.50. The van der Waals surface area contributed by atoms with Crippen LogP contribution in [-0.2, 0) is 13.1 Å². The predicted molar refractivity (Wildman–Crippen MR) is 183 cm³/mol. The van der Waals surface area contributed by atoms with Gasteiger partial charge < -0.3 is 0 Å². The van der Waals surface area contributed by atoms with Crippen LogP contribution in [0.4, 0.5) is 11.4 Å². The first-order valence-corrected chi connectivity index (χ1v) is 17.3. The average molecular weight is 645 g/mol. The third-order valence-electron chi connectivity index (χ3n) is 7.34. The van der Waals surface area contributed by atoms with Crippen LogP contribution < -0.4 is 0 Å². The van der Waals surface area contributed by atoms with Gasteiger partial charge in [0.2, 0.25) is 0 Å². The summed E-state index contributed by atoms with van der Waals surface area (Å²) in [5, 5.41) is 9.73. The van der Waals surface area contributed by atoms with Gasteiger partial charge in [0.05, 0.1) is 22.8 Å². The van der Waals surface area contributed by atoms with Gasteiger partial charge in [-0.3, -0.25) is 9.98 Å². The molecule has 1 heterocycles. The fraction of sp³-hybridized carbons (Fsp3) is 0.0556. The fourth-order valence-corrected chi connectivity index (χ4v) is 6.19. The van der Waals surface area contributed by atoms with Crippen LogP contribution in [0.25, 0.3) is 43.1 Å². The van der Waals surface area contributed by atoms with E-state index in [1.807, 2.05) is 0 Å². The van der Waals surface area contributed by atoms with Crippen LogP contribution in [0, 0.1) is 0 Å². The van der Waals surface area contributed by atoms with Gasteiger partial charge in [-0.05, 0) is 94.7 Å². The number of halogens is 2. The van der Waals surface area contributed by atoms with Gasteiger partial charge in [0.15, 0.2) is 0 Å². The summed E-state index contributed by atoms with van der Waals surface area (Å²) in [6, 6.07) is 43.0. The Bertz CT molecular complexity index is 1980. The van der Waals surface area contributed by atoms with E-state index in [1.54, 1.807) is 11.3 Å². The summed E-state index contributed by atoms with van der Waals surface area (Å²) in [5.74, 6) is 0. The van der Waals surface area contributed by atoms with Crippen LogP contribution >= 0.6 is 31.5 Å². The number of thiophene rings is 1. The van der Waals surface area contributed by atoms with E-state index in [9.17, 15) is 0 Å². The van der Waals surface area contributed by atoms with Crippen molar-refractivity contribution in [2.24, 2.45) is 9.98 Å². The van der Waals surface area contributed by atoms with Crippen LogP contribution in [0.3, 0.4) is 0 Å². The number of benzene rings is 6. The van der Waals surface area contributed by atoms with Crippen molar-refractivity contribution < 1.29 is 13.1 Å². The standard InChI is InChI=1S/C36H26N2S.2ClH.Fe/c1-23(37-33-15-7-13-29-19-25-9-3-5-11-27(25)21-31(29)33)35-17-18-36(39-35)24(2)38-34-16-8-14-30-20-26-10-4-6-12-28(26)22-32(30)34;;;/h3-22H,1-2H3;2*1H;/q;;;+2/p-2. The second-order valence-corrected chi connectivity index (χ2v) is 12.9. The molecule has 7 aromatic rings. The van der Waals surface area contributed by atoms with Gasteiger partial charge in [-0.2, -0.15) is 0 Å². The van der Waals surface area contributed by atoms with Crippen LogP contribution in [0.2, 0.25) is 0 Å². The molecule has 0 saturated carbocycles. The molecule has 208 valence electrons. The van der Waals surface area contributed by atoms with Gasteiger partial charge in [0.1, 0.15) is 0 Å². The predicted octanol–water partition coefficient (Wildman–Crippen LogP) is 12.0. The second-order valence-electron chi connectivity index (χ2n) is 10.0. The number of fused-ring (bicyclic) bond motifs is 4. The quantitative estimate of drug-likeness (QED) is 0.103. The maximum atomic E-state index is 5.08. The van der Waals surface area contributed by atoms with E-state index in [1.165, 1.54) is 43.1 Å². The number of nitrogens with zero attached hydrogens (tertiary/aromatic N) is 2. The molecule has 0 saturated heterocycles. The minimum absolute atomic E-state index is 0.194. The van der Waals surface area contributed by atoms with E-state index in [-0.39, 0.29) is 13.1 Å². The fourth-order valence-electron chi connectivity index (χ4n) is 5.29. The Kier molecular flexibility index (Phi) is 8.71. The van der Waals surface area contributed by atoms with Crippen molar-refractivity contribution in [3.63, 3.8) is 0 Å². The molecule has 0 N–H and O–H groups in total. The molecule has 0 bridgehead atoms. The van der Waals surface area contributed by atoms with Crippen LogP contribution in [0.1, 0.15) is 23.6 Å². The van der Waals surface area contributed by atoms with Gasteiger partial charge in [-0.1, -0.05) is 72.8 Å². The Morgan fingerprint density at radius 2 is 0.857 bits per heavy atom.